The van der Waals surface area contributed by atoms with E-state index >= 15 is 0 Å². The molecule has 0 aliphatic heterocycles. The summed E-state index contributed by atoms with van der Waals surface area (Å²) in [5, 5.41) is 0. The summed E-state index contributed by atoms with van der Waals surface area (Å²) in [5.74, 6) is 5.02. The van der Waals surface area contributed by atoms with Crippen LogP contribution in [0.4, 0.5) is 4.39 Å². The number of benzene rings is 1. The Hall–Kier alpha value is -1.07. The predicted octanol–water partition coefficient (Wildman–Crippen LogP) is 0.777. The second kappa shape index (κ2) is 7.50. The fraction of sp³-hybridized carbons (Fsp3) is 0.333. The Morgan fingerprint density at radius 1 is 1.47 bits per heavy atom. The molecule has 0 spiro atoms. The zero-order valence-electron chi connectivity index (χ0n) is 10.4. The van der Waals surface area contributed by atoms with Gasteiger partial charge in [-0.2, -0.15) is 11.8 Å². The molecule has 0 saturated heterocycles. The number of thioether (sulfide) groups is 1. The lowest BCUT2D eigenvalue weighted by atomic mass is 10.2. The third kappa shape index (κ3) is 4.84. The van der Waals surface area contributed by atoms with Gasteiger partial charge < -0.3 is 5.73 Å². The summed E-state index contributed by atoms with van der Waals surface area (Å²) < 4.78 is 39.8. The number of halogens is 1. The van der Waals surface area contributed by atoms with Crippen molar-refractivity contribution in [2.45, 2.75) is 4.90 Å². The van der Waals surface area contributed by atoms with E-state index in [1.807, 2.05) is 6.26 Å². The molecule has 0 fully saturated rings. The van der Waals surface area contributed by atoms with Crippen molar-refractivity contribution in [3.8, 4) is 11.8 Å². The summed E-state index contributed by atoms with van der Waals surface area (Å²) in [6, 6.07) is 3.75. The Kier molecular flexibility index (Phi) is 6.31. The van der Waals surface area contributed by atoms with Crippen LogP contribution < -0.4 is 10.5 Å². The fourth-order valence-electron chi connectivity index (χ4n) is 1.31. The van der Waals surface area contributed by atoms with Gasteiger partial charge in [0.2, 0.25) is 10.0 Å². The molecule has 1 rings (SSSR count). The van der Waals surface area contributed by atoms with Crippen LogP contribution in [0.3, 0.4) is 0 Å². The van der Waals surface area contributed by atoms with Gasteiger partial charge in [-0.3, -0.25) is 0 Å². The molecule has 0 aliphatic rings. The van der Waals surface area contributed by atoms with E-state index < -0.39 is 15.8 Å². The molecule has 0 aromatic heterocycles. The monoisotopic (exact) mass is 302 g/mol. The Morgan fingerprint density at radius 2 is 2.21 bits per heavy atom. The Morgan fingerprint density at radius 3 is 2.79 bits per heavy atom. The van der Waals surface area contributed by atoms with Gasteiger partial charge in [-0.15, -0.1) is 0 Å². The van der Waals surface area contributed by atoms with Crippen LogP contribution in [0, 0.1) is 17.7 Å². The Balaban J connectivity index is 2.95. The predicted molar refractivity (Wildman–Crippen MR) is 75.9 cm³/mol. The number of rotatable bonds is 5. The standard InChI is InChI=1S/C12H15FN2O2S2/c1-18-8-7-15-19(16,17)12-5-4-10(3-2-6-14)9-11(12)13/h4-5,9,15H,6-8,14H2,1H3. The highest BCUT2D eigenvalue weighted by molar-refractivity contribution is 7.98. The molecular weight excluding hydrogens is 287 g/mol. The molecule has 0 amide bonds. The number of hydrogen-bond acceptors (Lipinski definition) is 4. The lowest BCUT2D eigenvalue weighted by molar-refractivity contribution is 0.558. The van der Waals surface area contributed by atoms with Crippen molar-refractivity contribution < 1.29 is 12.8 Å². The third-order valence-corrected chi connectivity index (χ3v) is 4.26. The number of sulfonamides is 1. The van der Waals surface area contributed by atoms with Gasteiger partial charge in [-0.25, -0.2) is 17.5 Å². The fourth-order valence-corrected chi connectivity index (χ4v) is 2.83. The van der Waals surface area contributed by atoms with E-state index in [9.17, 15) is 12.8 Å². The van der Waals surface area contributed by atoms with Crippen molar-refractivity contribution >= 4 is 21.8 Å². The molecule has 7 heteroatoms. The van der Waals surface area contributed by atoms with Gasteiger partial charge in [0.05, 0.1) is 6.54 Å². The maximum atomic E-state index is 13.8. The van der Waals surface area contributed by atoms with E-state index in [4.69, 9.17) is 5.73 Å². The summed E-state index contributed by atoms with van der Waals surface area (Å²) in [4.78, 5) is -0.369. The van der Waals surface area contributed by atoms with E-state index in [0.717, 1.165) is 6.07 Å². The zero-order chi connectivity index (χ0) is 14.3. The zero-order valence-corrected chi connectivity index (χ0v) is 12.1. The second-order valence-electron chi connectivity index (χ2n) is 3.54. The Bertz CT molecular complexity index is 591. The molecule has 4 nitrogen and oxygen atoms in total. The van der Waals surface area contributed by atoms with Gasteiger partial charge in [0.15, 0.2) is 0 Å². The quantitative estimate of drug-likeness (QED) is 0.623. The van der Waals surface area contributed by atoms with E-state index in [0.29, 0.717) is 11.3 Å². The Labute approximate surface area is 117 Å². The van der Waals surface area contributed by atoms with Crippen LogP contribution in [0.2, 0.25) is 0 Å². The molecule has 0 bridgehead atoms. The third-order valence-electron chi connectivity index (χ3n) is 2.15. The van der Waals surface area contributed by atoms with E-state index in [-0.39, 0.29) is 18.0 Å². The van der Waals surface area contributed by atoms with Crippen LogP contribution in [0.15, 0.2) is 23.1 Å². The van der Waals surface area contributed by atoms with Crippen LogP contribution in [-0.2, 0) is 10.0 Å². The van der Waals surface area contributed by atoms with Crippen molar-refractivity contribution in [1.82, 2.24) is 4.72 Å². The maximum Gasteiger partial charge on any atom is 0.243 e. The van der Waals surface area contributed by atoms with Crippen LogP contribution in [0.25, 0.3) is 0 Å². The van der Waals surface area contributed by atoms with Crippen molar-refractivity contribution in [3.05, 3.63) is 29.6 Å². The molecular formula is C12H15FN2O2S2. The molecule has 0 aliphatic carbocycles. The van der Waals surface area contributed by atoms with Crippen LogP contribution in [0.5, 0.6) is 0 Å². The summed E-state index contributed by atoms with van der Waals surface area (Å²) in [6.45, 7) is 0.426. The molecule has 0 unspecified atom stereocenters. The average molecular weight is 302 g/mol. The van der Waals surface area contributed by atoms with Crippen LogP contribution in [0.1, 0.15) is 5.56 Å². The summed E-state index contributed by atoms with van der Waals surface area (Å²) in [7, 11) is -3.81. The van der Waals surface area contributed by atoms with Crippen molar-refractivity contribution in [2.75, 3.05) is 25.1 Å². The molecule has 104 valence electrons. The normalized spacial score (nSPS) is 10.9. The van der Waals surface area contributed by atoms with Crippen LogP contribution in [-0.4, -0.2) is 33.5 Å². The topological polar surface area (TPSA) is 72.2 Å². The first-order valence-electron chi connectivity index (χ1n) is 5.48. The highest BCUT2D eigenvalue weighted by atomic mass is 32.2. The summed E-state index contributed by atoms with van der Waals surface area (Å²) >= 11 is 1.50. The SMILES string of the molecule is CSCCNS(=O)(=O)c1ccc(C#CCN)cc1F. The maximum absolute atomic E-state index is 13.8. The minimum atomic E-state index is -3.81. The first-order chi connectivity index (χ1) is 9.01. The molecule has 0 heterocycles. The minimum Gasteiger partial charge on any atom is -0.320 e. The lowest BCUT2D eigenvalue weighted by Crippen LogP contribution is -2.26. The smallest absolute Gasteiger partial charge is 0.243 e. The molecule has 3 N–H and O–H groups in total. The summed E-state index contributed by atoms with van der Waals surface area (Å²) in [6.07, 6.45) is 1.86. The van der Waals surface area contributed by atoms with Gasteiger partial charge in [0.25, 0.3) is 0 Å². The van der Waals surface area contributed by atoms with Gasteiger partial charge in [-0.05, 0) is 24.5 Å². The molecule has 19 heavy (non-hydrogen) atoms. The summed E-state index contributed by atoms with van der Waals surface area (Å²) in [5.41, 5.74) is 5.60. The highest BCUT2D eigenvalue weighted by Gasteiger charge is 2.18. The largest absolute Gasteiger partial charge is 0.320 e. The van der Waals surface area contributed by atoms with E-state index in [2.05, 4.69) is 16.6 Å². The van der Waals surface area contributed by atoms with Gasteiger partial charge >= 0.3 is 0 Å². The van der Waals surface area contributed by atoms with Crippen LogP contribution >= 0.6 is 11.8 Å². The van der Waals surface area contributed by atoms with E-state index in [1.54, 1.807) is 0 Å². The first kappa shape index (κ1) is 16.0. The van der Waals surface area contributed by atoms with Crippen molar-refractivity contribution in [2.24, 2.45) is 5.73 Å². The molecule has 1 aromatic rings. The molecule has 1 aromatic carbocycles. The second-order valence-corrected chi connectivity index (χ2v) is 6.26. The molecule has 0 atom stereocenters. The lowest BCUT2D eigenvalue weighted by Gasteiger charge is -2.07. The van der Waals surface area contributed by atoms with Crippen molar-refractivity contribution in [3.63, 3.8) is 0 Å². The van der Waals surface area contributed by atoms with Gasteiger partial charge in [-0.1, -0.05) is 11.8 Å². The first-order valence-corrected chi connectivity index (χ1v) is 8.36. The van der Waals surface area contributed by atoms with Gasteiger partial charge in [0.1, 0.15) is 10.7 Å². The molecule has 0 radical (unpaired) electrons. The number of nitrogens with one attached hydrogen (secondary N) is 1. The number of nitrogens with two attached hydrogens (primary N) is 1. The molecule has 0 saturated carbocycles. The van der Waals surface area contributed by atoms with Crippen molar-refractivity contribution in [1.29, 1.82) is 0 Å². The average Bonchev–Trinajstić information content (AvgIpc) is 2.36. The minimum absolute atomic E-state index is 0.165. The van der Waals surface area contributed by atoms with Gasteiger partial charge in [0, 0.05) is 17.9 Å². The highest BCUT2D eigenvalue weighted by Crippen LogP contribution is 2.15. The number of hydrogen-bond donors (Lipinski definition) is 2. The van der Waals surface area contributed by atoms with E-state index in [1.165, 1.54) is 23.9 Å².